The van der Waals surface area contributed by atoms with Crippen molar-refractivity contribution in [1.29, 1.82) is 0 Å². The van der Waals surface area contributed by atoms with E-state index in [1.165, 1.54) is 6.20 Å². The molecule has 0 spiro atoms. The smallest absolute Gasteiger partial charge is 0.217 e. The number of hydrogen-bond donors (Lipinski definition) is 1. The highest BCUT2D eigenvalue weighted by Crippen LogP contribution is 2.15. The van der Waals surface area contributed by atoms with Gasteiger partial charge in [-0.25, -0.2) is 4.98 Å². The molecule has 0 saturated carbocycles. The van der Waals surface area contributed by atoms with Gasteiger partial charge in [0.15, 0.2) is 0 Å². The van der Waals surface area contributed by atoms with Crippen molar-refractivity contribution >= 4 is 12.4 Å². The number of nitrogens with zero attached hydrogens (tertiary/aromatic N) is 1. The minimum absolute atomic E-state index is 0. The number of pyridine rings is 1. The first kappa shape index (κ1) is 12.1. The van der Waals surface area contributed by atoms with Crippen molar-refractivity contribution in [1.82, 2.24) is 4.98 Å². The largest absolute Gasteiger partial charge is 0.324 e. The van der Waals surface area contributed by atoms with Gasteiger partial charge in [0.2, 0.25) is 5.95 Å². The molecule has 1 rings (SSSR count). The summed E-state index contributed by atoms with van der Waals surface area (Å²) < 4.78 is 12.9. The Morgan fingerprint density at radius 3 is 2.92 bits per heavy atom. The fraction of sp³-hybridized carbons (Fsp3) is 0.222. The maximum absolute atomic E-state index is 12.9. The van der Waals surface area contributed by atoms with Crippen molar-refractivity contribution in [3.63, 3.8) is 0 Å². The lowest BCUT2D eigenvalue weighted by Gasteiger charge is -2.08. The van der Waals surface area contributed by atoms with Crippen LogP contribution >= 0.6 is 12.4 Å². The summed E-state index contributed by atoms with van der Waals surface area (Å²) >= 11 is 0. The zero-order valence-corrected chi connectivity index (χ0v) is 7.93. The van der Waals surface area contributed by atoms with Crippen molar-refractivity contribution in [2.45, 2.75) is 12.5 Å². The van der Waals surface area contributed by atoms with E-state index in [1.54, 1.807) is 18.2 Å². The van der Waals surface area contributed by atoms with Gasteiger partial charge in [-0.15, -0.1) is 19.0 Å². The quantitative estimate of drug-likeness (QED) is 0.603. The monoisotopic (exact) mass is 202 g/mol. The maximum atomic E-state index is 12.9. The van der Waals surface area contributed by atoms with Gasteiger partial charge in [0.25, 0.3) is 0 Å². The van der Waals surface area contributed by atoms with Crippen molar-refractivity contribution in [3.05, 3.63) is 42.5 Å². The van der Waals surface area contributed by atoms with Gasteiger partial charge in [-0.3, -0.25) is 0 Å². The standard InChI is InChI=1S/C9H11FN2.ClH/c1-2-4-8(11)7-5-3-6-12-9(7)10;/h2-3,5-6,8H,1,4,11H2;1H/t8-;/m1./s1. The molecule has 0 saturated heterocycles. The second kappa shape index (κ2) is 5.67. The molecule has 2 N–H and O–H groups in total. The lowest BCUT2D eigenvalue weighted by Crippen LogP contribution is -2.11. The van der Waals surface area contributed by atoms with E-state index in [9.17, 15) is 4.39 Å². The van der Waals surface area contributed by atoms with Crippen LogP contribution in [-0.4, -0.2) is 4.98 Å². The van der Waals surface area contributed by atoms with E-state index in [0.717, 1.165) is 0 Å². The van der Waals surface area contributed by atoms with Crippen LogP contribution in [0, 0.1) is 5.95 Å². The van der Waals surface area contributed by atoms with Crippen LogP contribution in [0.4, 0.5) is 4.39 Å². The van der Waals surface area contributed by atoms with Gasteiger partial charge in [0.05, 0.1) is 0 Å². The summed E-state index contributed by atoms with van der Waals surface area (Å²) in [5.74, 6) is -0.494. The van der Waals surface area contributed by atoms with E-state index >= 15 is 0 Å². The molecule has 0 amide bonds. The first-order valence-electron chi connectivity index (χ1n) is 3.72. The van der Waals surface area contributed by atoms with Gasteiger partial charge in [-0.05, 0) is 12.5 Å². The molecular formula is C9H12ClFN2. The lowest BCUT2D eigenvalue weighted by molar-refractivity contribution is 0.545. The summed E-state index contributed by atoms with van der Waals surface area (Å²) in [4.78, 5) is 3.50. The molecule has 1 atom stereocenters. The average Bonchev–Trinajstić information content (AvgIpc) is 2.05. The summed E-state index contributed by atoms with van der Waals surface area (Å²) in [6, 6.07) is 2.97. The summed E-state index contributed by atoms with van der Waals surface area (Å²) in [5.41, 5.74) is 6.10. The Morgan fingerprint density at radius 1 is 1.69 bits per heavy atom. The highest BCUT2D eigenvalue weighted by Gasteiger charge is 2.09. The second-order valence-corrected chi connectivity index (χ2v) is 2.51. The lowest BCUT2D eigenvalue weighted by atomic mass is 10.1. The van der Waals surface area contributed by atoms with Gasteiger partial charge in [0.1, 0.15) is 0 Å². The Morgan fingerprint density at radius 2 is 2.38 bits per heavy atom. The SMILES string of the molecule is C=CC[C@@H](N)c1cccnc1F.Cl. The highest BCUT2D eigenvalue weighted by molar-refractivity contribution is 5.85. The molecule has 0 aliphatic rings. The van der Waals surface area contributed by atoms with E-state index in [-0.39, 0.29) is 18.4 Å². The summed E-state index contributed by atoms with van der Waals surface area (Å²) in [6.45, 7) is 3.53. The predicted molar refractivity (Wildman–Crippen MR) is 53.2 cm³/mol. The molecule has 1 aromatic heterocycles. The molecule has 1 aromatic rings. The van der Waals surface area contributed by atoms with Crippen LogP contribution < -0.4 is 5.73 Å². The van der Waals surface area contributed by atoms with Crippen LogP contribution in [-0.2, 0) is 0 Å². The predicted octanol–water partition coefficient (Wildman–Crippen LogP) is 2.22. The van der Waals surface area contributed by atoms with Crippen LogP contribution in [0.1, 0.15) is 18.0 Å². The van der Waals surface area contributed by atoms with E-state index in [1.807, 2.05) is 0 Å². The summed E-state index contributed by atoms with van der Waals surface area (Å²) in [7, 11) is 0. The first-order chi connectivity index (χ1) is 5.75. The molecule has 0 bridgehead atoms. The van der Waals surface area contributed by atoms with Crippen LogP contribution in [0.15, 0.2) is 31.0 Å². The number of aromatic nitrogens is 1. The Hall–Kier alpha value is -0.930. The summed E-state index contributed by atoms with van der Waals surface area (Å²) in [6.07, 6.45) is 3.62. The Labute approximate surface area is 83.1 Å². The molecule has 4 heteroatoms. The number of halogens is 2. The highest BCUT2D eigenvalue weighted by atomic mass is 35.5. The molecule has 2 nitrogen and oxygen atoms in total. The maximum Gasteiger partial charge on any atom is 0.217 e. The number of rotatable bonds is 3. The summed E-state index contributed by atoms with van der Waals surface area (Å²) in [5, 5.41) is 0. The molecule has 72 valence electrons. The van der Waals surface area contributed by atoms with Gasteiger partial charge in [0, 0.05) is 17.8 Å². The third-order valence-electron chi connectivity index (χ3n) is 1.61. The number of nitrogens with two attached hydrogens (primary N) is 1. The van der Waals surface area contributed by atoms with Crippen molar-refractivity contribution in [3.8, 4) is 0 Å². The minimum Gasteiger partial charge on any atom is -0.324 e. The Bertz CT molecular complexity index is 278. The van der Waals surface area contributed by atoms with Gasteiger partial charge >= 0.3 is 0 Å². The van der Waals surface area contributed by atoms with E-state index < -0.39 is 5.95 Å². The van der Waals surface area contributed by atoms with Crippen LogP contribution in [0.25, 0.3) is 0 Å². The van der Waals surface area contributed by atoms with E-state index in [2.05, 4.69) is 11.6 Å². The third kappa shape index (κ3) is 3.13. The Kier molecular flexibility index (Phi) is 5.26. The molecular weight excluding hydrogens is 191 g/mol. The van der Waals surface area contributed by atoms with E-state index in [0.29, 0.717) is 12.0 Å². The Balaban J connectivity index is 0.00000144. The van der Waals surface area contributed by atoms with Crippen LogP contribution in [0.3, 0.4) is 0 Å². The normalized spacial score (nSPS) is 11.5. The fourth-order valence-corrected chi connectivity index (χ4v) is 0.982. The van der Waals surface area contributed by atoms with Crippen LogP contribution in [0.5, 0.6) is 0 Å². The average molecular weight is 203 g/mol. The first-order valence-corrected chi connectivity index (χ1v) is 3.72. The van der Waals surface area contributed by atoms with Crippen molar-refractivity contribution in [2.24, 2.45) is 5.73 Å². The molecule has 0 unspecified atom stereocenters. The third-order valence-corrected chi connectivity index (χ3v) is 1.61. The molecule has 0 aromatic carbocycles. The molecule has 1 heterocycles. The van der Waals surface area contributed by atoms with E-state index in [4.69, 9.17) is 5.73 Å². The molecule has 0 fully saturated rings. The minimum atomic E-state index is -0.494. The molecule has 0 radical (unpaired) electrons. The van der Waals surface area contributed by atoms with Gasteiger partial charge < -0.3 is 5.73 Å². The number of hydrogen-bond acceptors (Lipinski definition) is 2. The second-order valence-electron chi connectivity index (χ2n) is 2.51. The van der Waals surface area contributed by atoms with Gasteiger partial charge in [-0.1, -0.05) is 12.1 Å². The van der Waals surface area contributed by atoms with Crippen molar-refractivity contribution < 1.29 is 4.39 Å². The fourth-order valence-electron chi connectivity index (χ4n) is 0.982. The molecule has 13 heavy (non-hydrogen) atoms. The van der Waals surface area contributed by atoms with Gasteiger partial charge in [-0.2, -0.15) is 4.39 Å². The molecule has 0 aliphatic carbocycles. The zero-order valence-electron chi connectivity index (χ0n) is 7.11. The molecule has 0 aliphatic heterocycles. The van der Waals surface area contributed by atoms with Crippen molar-refractivity contribution in [2.75, 3.05) is 0 Å². The topological polar surface area (TPSA) is 38.9 Å². The zero-order chi connectivity index (χ0) is 8.97. The van der Waals surface area contributed by atoms with Crippen LogP contribution in [0.2, 0.25) is 0 Å².